The lowest BCUT2D eigenvalue weighted by Gasteiger charge is -2.35. The highest BCUT2D eigenvalue weighted by atomic mass is 19.4. The summed E-state index contributed by atoms with van der Waals surface area (Å²) in [7, 11) is 0. The van der Waals surface area contributed by atoms with Crippen molar-refractivity contribution < 1.29 is 27.5 Å². The van der Waals surface area contributed by atoms with E-state index in [0.717, 1.165) is 5.56 Å². The number of benzene rings is 1. The second-order valence-corrected chi connectivity index (χ2v) is 8.46. The maximum atomic E-state index is 12.3. The fourth-order valence-electron chi connectivity index (χ4n) is 3.07. The van der Waals surface area contributed by atoms with Gasteiger partial charge in [-0.05, 0) is 24.1 Å². The van der Waals surface area contributed by atoms with Crippen molar-refractivity contribution in [3.05, 3.63) is 29.8 Å². The van der Waals surface area contributed by atoms with Crippen LogP contribution in [0.2, 0.25) is 0 Å². The Morgan fingerprint density at radius 1 is 1.03 bits per heavy atom. The Bertz CT molecular complexity index is 707. The van der Waals surface area contributed by atoms with Crippen LogP contribution >= 0.6 is 0 Å². The Kier molecular flexibility index (Phi) is 8.11. The van der Waals surface area contributed by atoms with E-state index in [1.807, 2.05) is 25.7 Å². The van der Waals surface area contributed by atoms with E-state index >= 15 is 0 Å². The van der Waals surface area contributed by atoms with Crippen LogP contribution in [-0.2, 0) is 16.1 Å². The maximum Gasteiger partial charge on any atom is 0.573 e. The molecule has 0 radical (unpaired) electrons. The molecular formula is C21H30F3N3O3. The van der Waals surface area contributed by atoms with Crippen LogP contribution in [0, 0.1) is 5.41 Å². The molecule has 168 valence electrons. The van der Waals surface area contributed by atoms with Crippen LogP contribution < -0.4 is 10.1 Å². The molecule has 9 heteroatoms. The molecule has 0 aromatic heterocycles. The fourth-order valence-corrected chi connectivity index (χ4v) is 3.07. The van der Waals surface area contributed by atoms with Crippen molar-refractivity contribution in [1.82, 2.24) is 15.1 Å². The second-order valence-electron chi connectivity index (χ2n) is 8.46. The van der Waals surface area contributed by atoms with Crippen molar-refractivity contribution in [2.75, 3.05) is 32.7 Å². The minimum absolute atomic E-state index is 0.0263. The number of hydrogen-bond donors (Lipinski definition) is 1. The van der Waals surface area contributed by atoms with Crippen molar-refractivity contribution in [2.24, 2.45) is 5.41 Å². The van der Waals surface area contributed by atoms with Gasteiger partial charge >= 0.3 is 6.36 Å². The summed E-state index contributed by atoms with van der Waals surface area (Å²) < 4.78 is 40.5. The van der Waals surface area contributed by atoms with E-state index in [1.54, 1.807) is 12.1 Å². The lowest BCUT2D eigenvalue weighted by Crippen LogP contribution is -2.48. The van der Waals surface area contributed by atoms with Gasteiger partial charge in [-0.2, -0.15) is 0 Å². The number of nitrogens with zero attached hydrogens (tertiary/aromatic N) is 2. The number of carbonyl (C=O) groups is 2. The summed E-state index contributed by atoms with van der Waals surface area (Å²) in [5.41, 5.74) is 0.449. The molecule has 1 aliphatic rings. The third-order valence-corrected chi connectivity index (χ3v) is 4.82. The lowest BCUT2D eigenvalue weighted by atomic mass is 9.96. The van der Waals surface area contributed by atoms with Crippen LogP contribution in [0.3, 0.4) is 0 Å². The summed E-state index contributed by atoms with van der Waals surface area (Å²) >= 11 is 0. The van der Waals surface area contributed by atoms with E-state index < -0.39 is 11.8 Å². The molecule has 1 fully saturated rings. The molecular weight excluding hydrogens is 399 g/mol. The summed E-state index contributed by atoms with van der Waals surface area (Å²) in [5.74, 6) is -0.185. The van der Waals surface area contributed by atoms with E-state index in [2.05, 4.69) is 15.0 Å². The Morgan fingerprint density at radius 2 is 1.63 bits per heavy atom. The molecule has 0 saturated carbocycles. The molecule has 2 rings (SSSR count). The Morgan fingerprint density at radius 3 is 2.17 bits per heavy atom. The molecule has 30 heavy (non-hydrogen) atoms. The summed E-state index contributed by atoms with van der Waals surface area (Å²) in [4.78, 5) is 28.1. The molecule has 1 heterocycles. The molecule has 0 aliphatic carbocycles. The minimum Gasteiger partial charge on any atom is -0.406 e. The number of ether oxygens (including phenoxy) is 1. The normalized spacial score (nSPS) is 15.7. The van der Waals surface area contributed by atoms with Gasteiger partial charge in [0.2, 0.25) is 11.8 Å². The van der Waals surface area contributed by atoms with Gasteiger partial charge in [0, 0.05) is 51.1 Å². The van der Waals surface area contributed by atoms with E-state index in [-0.39, 0.29) is 17.6 Å². The molecule has 6 nitrogen and oxygen atoms in total. The van der Waals surface area contributed by atoms with Crippen molar-refractivity contribution >= 4 is 11.8 Å². The zero-order valence-corrected chi connectivity index (χ0v) is 17.7. The number of carbonyl (C=O) groups excluding carboxylic acids is 2. The predicted octanol–water partition coefficient (Wildman–Crippen LogP) is 3.17. The van der Waals surface area contributed by atoms with Crippen LogP contribution in [0.1, 0.15) is 39.2 Å². The van der Waals surface area contributed by atoms with Gasteiger partial charge in [-0.3, -0.25) is 14.5 Å². The van der Waals surface area contributed by atoms with Gasteiger partial charge in [0.05, 0.1) is 0 Å². The first-order chi connectivity index (χ1) is 13.9. The molecule has 0 atom stereocenters. The van der Waals surface area contributed by atoms with Gasteiger partial charge in [0.25, 0.3) is 0 Å². The van der Waals surface area contributed by atoms with E-state index in [4.69, 9.17) is 0 Å². The average Bonchev–Trinajstić information content (AvgIpc) is 2.65. The molecule has 1 N–H and O–H groups in total. The van der Waals surface area contributed by atoms with Gasteiger partial charge in [-0.1, -0.05) is 32.9 Å². The highest BCUT2D eigenvalue weighted by Gasteiger charge is 2.31. The van der Waals surface area contributed by atoms with Crippen LogP contribution in [0.4, 0.5) is 13.2 Å². The Labute approximate surface area is 175 Å². The van der Waals surface area contributed by atoms with Crippen molar-refractivity contribution in [2.45, 2.75) is 46.5 Å². The summed E-state index contributed by atoms with van der Waals surface area (Å²) in [6.07, 6.45) is -3.69. The number of nitrogens with one attached hydrogen (secondary N) is 1. The van der Waals surface area contributed by atoms with Gasteiger partial charge in [0.1, 0.15) is 5.75 Å². The summed E-state index contributed by atoms with van der Waals surface area (Å²) in [5, 5.41) is 2.84. The highest BCUT2D eigenvalue weighted by molar-refractivity contribution is 5.81. The Balaban J connectivity index is 1.68. The summed E-state index contributed by atoms with van der Waals surface area (Å²) in [6.45, 7) is 9.25. The molecule has 0 spiro atoms. The van der Waals surface area contributed by atoms with Crippen molar-refractivity contribution in [1.29, 1.82) is 0 Å². The summed E-state index contributed by atoms with van der Waals surface area (Å²) in [6, 6.07) is 5.84. The number of rotatable bonds is 7. The van der Waals surface area contributed by atoms with Gasteiger partial charge in [0.15, 0.2) is 0 Å². The minimum atomic E-state index is -4.69. The third kappa shape index (κ3) is 8.22. The first-order valence-electron chi connectivity index (χ1n) is 10.1. The molecule has 1 saturated heterocycles. The zero-order valence-electron chi connectivity index (χ0n) is 17.7. The molecule has 0 bridgehead atoms. The van der Waals surface area contributed by atoms with E-state index in [0.29, 0.717) is 52.1 Å². The maximum absolute atomic E-state index is 12.3. The van der Waals surface area contributed by atoms with E-state index in [1.165, 1.54) is 12.1 Å². The average molecular weight is 429 g/mol. The van der Waals surface area contributed by atoms with E-state index in [9.17, 15) is 22.8 Å². The number of halogens is 3. The topological polar surface area (TPSA) is 61.9 Å². The number of hydrogen-bond acceptors (Lipinski definition) is 4. The SMILES string of the molecule is CC(C)(C)C(=O)NCCCC(=O)N1CCN(Cc2ccc(OC(F)(F)F)cc2)CC1. The second kappa shape index (κ2) is 10.1. The molecule has 2 amide bonds. The molecule has 1 aliphatic heterocycles. The van der Waals surface area contributed by atoms with Crippen LogP contribution in [-0.4, -0.2) is 60.7 Å². The van der Waals surface area contributed by atoms with Gasteiger partial charge in [-0.15, -0.1) is 13.2 Å². The fraction of sp³-hybridized carbons (Fsp3) is 0.619. The quantitative estimate of drug-likeness (QED) is 0.677. The number of piperazine rings is 1. The first-order valence-corrected chi connectivity index (χ1v) is 10.1. The van der Waals surface area contributed by atoms with Crippen molar-refractivity contribution in [3.63, 3.8) is 0 Å². The Hall–Kier alpha value is -2.29. The highest BCUT2D eigenvalue weighted by Crippen LogP contribution is 2.23. The molecule has 0 unspecified atom stereocenters. The van der Waals surface area contributed by atoms with Crippen molar-refractivity contribution in [3.8, 4) is 5.75 Å². The first kappa shape index (κ1) is 24.0. The van der Waals surface area contributed by atoms with Gasteiger partial charge < -0.3 is 15.0 Å². The molecule has 1 aromatic rings. The van der Waals surface area contributed by atoms with Crippen LogP contribution in [0.5, 0.6) is 5.75 Å². The monoisotopic (exact) mass is 429 g/mol. The van der Waals surface area contributed by atoms with Gasteiger partial charge in [-0.25, -0.2) is 0 Å². The zero-order chi connectivity index (χ0) is 22.4. The number of amides is 2. The third-order valence-electron chi connectivity index (χ3n) is 4.82. The number of alkyl halides is 3. The molecule has 1 aromatic carbocycles. The largest absolute Gasteiger partial charge is 0.573 e. The lowest BCUT2D eigenvalue weighted by molar-refractivity contribution is -0.274. The smallest absolute Gasteiger partial charge is 0.406 e. The standard InChI is InChI=1S/C21H30F3N3O3/c1-20(2,3)19(29)25-10-4-5-18(28)27-13-11-26(12-14-27)15-16-6-8-17(9-7-16)30-21(22,23)24/h6-9H,4-5,10-15H2,1-3H3,(H,25,29). The van der Waals surface area contributed by atoms with Crippen LogP contribution in [0.25, 0.3) is 0 Å². The predicted molar refractivity (Wildman–Crippen MR) is 107 cm³/mol. The van der Waals surface area contributed by atoms with Crippen LogP contribution in [0.15, 0.2) is 24.3 Å².